The van der Waals surface area contributed by atoms with E-state index in [0.717, 1.165) is 36.8 Å². The molecule has 5 nitrogen and oxygen atoms in total. The zero-order valence-corrected chi connectivity index (χ0v) is 15.7. The maximum absolute atomic E-state index is 9.01. The van der Waals surface area contributed by atoms with Crippen LogP contribution in [0.4, 0.5) is 17.1 Å². The minimum Gasteiger partial charge on any atom is -0.366 e. The van der Waals surface area contributed by atoms with Crippen LogP contribution in [0.5, 0.6) is 0 Å². The van der Waals surface area contributed by atoms with Crippen LogP contribution >= 0.6 is 0 Å². The largest absolute Gasteiger partial charge is 0.366 e. The van der Waals surface area contributed by atoms with Gasteiger partial charge in [0.05, 0.1) is 29.7 Å². The average Bonchev–Trinajstić information content (AvgIpc) is 3.18. The highest BCUT2D eigenvalue weighted by molar-refractivity contribution is 5.85. The predicted octanol–water partition coefficient (Wildman–Crippen LogP) is 3.79. The average molecular weight is 369 g/mol. The summed E-state index contributed by atoms with van der Waals surface area (Å²) in [6.45, 7) is 3.02. The summed E-state index contributed by atoms with van der Waals surface area (Å²) in [6, 6.07) is 25.0. The van der Waals surface area contributed by atoms with Crippen molar-refractivity contribution in [1.29, 1.82) is 5.26 Å². The predicted molar refractivity (Wildman–Crippen MR) is 114 cm³/mol. The first-order chi connectivity index (χ1) is 13.8. The molecule has 0 aromatic heterocycles. The molecule has 5 heteroatoms. The monoisotopic (exact) mass is 369 g/mol. The summed E-state index contributed by atoms with van der Waals surface area (Å²) in [4.78, 5) is 2.23. The molecule has 0 atom stereocenters. The molecule has 1 aliphatic heterocycles. The number of anilines is 3. The zero-order valence-electron chi connectivity index (χ0n) is 15.7. The lowest BCUT2D eigenvalue weighted by molar-refractivity contribution is 0.695. The van der Waals surface area contributed by atoms with Gasteiger partial charge >= 0.3 is 0 Å². The topological polar surface area (TPSA) is 77.1 Å². The van der Waals surface area contributed by atoms with Gasteiger partial charge in [0, 0.05) is 25.3 Å². The number of fused-ring (bicyclic) bond motifs is 1. The van der Waals surface area contributed by atoms with E-state index in [1.54, 1.807) is 0 Å². The molecule has 3 aromatic rings. The van der Waals surface area contributed by atoms with Crippen molar-refractivity contribution in [3.63, 3.8) is 0 Å². The van der Waals surface area contributed by atoms with Crippen molar-refractivity contribution in [2.24, 2.45) is 5.73 Å². The van der Waals surface area contributed by atoms with Crippen LogP contribution in [0.2, 0.25) is 0 Å². The van der Waals surface area contributed by atoms with Gasteiger partial charge in [-0.2, -0.15) is 5.26 Å². The fourth-order valence-corrected chi connectivity index (χ4v) is 3.43. The Hall–Kier alpha value is -3.33. The van der Waals surface area contributed by atoms with Crippen LogP contribution in [0.1, 0.15) is 11.1 Å². The maximum Gasteiger partial charge on any atom is 0.0991 e. The molecule has 0 saturated carbocycles. The Morgan fingerprint density at radius 1 is 1.00 bits per heavy atom. The smallest absolute Gasteiger partial charge is 0.0991 e. The molecule has 0 bridgehead atoms. The van der Waals surface area contributed by atoms with Gasteiger partial charge in [-0.1, -0.05) is 30.3 Å². The van der Waals surface area contributed by atoms with E-state index in [9.17, 15) is 0 Å². The fourth-order valence-electron chi connectivity index (χ4n) is 3.43. The SMILES string of the molecule is N#Cc1ccc(N2CNc3ccc(-c4ccc(CNCCN)cc4)cc32)cc1. The van der Waals surface area contributed by atoms with Gasteiger partial charge in [0.15, 0.2) is 0 Å². The number of nitrogens with zero attached hydrogens (tertiary/aromatic N) is 2. The second-order valence-corrected chi connectivity index (χ2v) is 6.82. The van der Waals surface area contributed by atoms with E-state index in [4.69, 9.17) is 11.0 Å². The molecule has 0 saturated heterocycles. The highest BCUT2D eigenvalue weighted by Gasteiger charge is 2.20. The molecule has 0 radical (unpaired) electrons. The highest BCUT2D eigenvalue weighted by Crippen LogP contribution is 2.39. The fraction of sp³-hybridized carbons (Fsp3) is 0.174. The summed E-state index contributed by atoms with van der Waals surface area (Å²) in [7, 11) is 0. The van der Waals surface area contributed by atoms with Gasteiger partial charge in [0.2, 0.25) is 0 Å². The summed E-state index contributed by atoms with van der Waals surface area (Å²) in [5.74, 6) is 0. The number of nitriles is 1. The van der Waals surface area contributed by atoms with E-state index in [1.165, 1.54) is 16.7 Å². The van der Waals surface area contributed by atoms with Crippen molar-refractivity contribution in [3.8, 4) is 17.2 Å². The van der Waals surface area contributed by atoms with Gasteiger partial charge in [-0.3, -0.25) is 0 Å². The number of hydrogen-bond donors (Lipinski definition) is 3. The van der Waals surface area contributed by atoms with Crippen molar-refractivity contribution < 1.29 is 0 Å². The number of nitrogens with one attached hydrogen (secondary N) is 2. The van der Waals surface area contributed by atoms with Crippen molar-refractivity contribution >= 4 is 17.1 Å². The summed E-state index contributed by atoms with van der Waals surface area (Å²) < 4.78 is 0. The third-order valence-corrected chi connectivity index (χ3v) is 4.96. The van der Waals surface area contributed by atoms with Crippen LogP contribution in [0, 0.1) is 11.3 Å². The second kappa shape index (κ2) is 8.13. The first kappa shape index (κ1) is 18.1. The third-order valence-electron chi connectivity index (χ3n) is 4.96. The van der Waals surface area contributed by atoms with E-state index in [-0.39, 0.29) is 0 Å². The minimum absolute atomic E-state index is 0.650. The minimum atomic E-state index is 0.650. The Balaban J connectivity index is 1.57. The molecule has 1 aliphatic rings. The number of nitrogens with two attached hydrogens (primary N) is 1. The number of benzene rings is 3. The van der Waals surface area contributed by atoms with Gasteiger partial charge in [-0.05, 0) is 53.1 Å². The Labute approximate surface area is 165 Å². The van der Waals surface area contributed by atoms with Gasteiger partial charge < -0.3 is 21.3 Å². The molecule has 4 rings (SSSR count). The molecule has 0 fully saturated rings. The molecular formula is C23H23N5. The second-order valence-electron chi connectivity index (χ2n) is 6.82. The lowest BCUT2D eigenvalue weighted by atomic mass is 10.0. The van der Waals surface area contributed by atoms with E-state index in [0.29, 0.717) is 12.1 Å². The van der Waals surface area contributed by atoms with Crippen molar-refractivity contribution in [2.75, 3.05) is 30.0 Å². The van der Waals surface area contributed by atoms with Crippen LogP contribution in [-0.4, -0.2) is 19.8 Å². The molecule has 1 heterocycles. The Bertz CT molecular complexity index is 987. The van der Waals surface area contributed by atoms with Crippen molar-refractivity contribution in [1.82, 2.24) is 5.32 Å². The molecular weight excluding hydrogens is 346 g/mol. The third kappa shape index (κ3) is 3.70. The van der Waals surface area contributed by atoms with Gasteiger partial charge in [-0.15, -0.1) is 0 Å². The lowest BCUT2D eigenvalue weighted by Gasteiger charge is -2.19. The zero-order chi connectivity index (χ0) is 19.3. The van der Waals surface area contributed by atoms with Crippen LogP contribution in [0.25, 0.3) is 11.1 Å². The first-order valence-corrected chi connectivity index (χ1v) is 9.44. The summed E-state index contributed by atoms with van der Waals surface area (Å²) in [5, 5.41) is 15.8. The van der Waals surface area contributed by atoms with E-state index in [1.807, 2.05) is 24.3 Å². The van der Waals surface area contributed by atoms with Crippen LogP contribution in [0.15, 0.2) is 66.7 Å². The van der Waals surface area contributed by atoms with Gasteiger partial charge in [0.1, 0.15) is 0 Å². The van der Waals surface area contributed by atoms with Crippen molar-refractivity contribution in [3.05, 3.63) is 77.9 Å². The molecule has 0 spiro atoms. The molecule has 4 N–H and O–H groups in total. The number of rotatable bonds is 6. The molecule has 0 unspecified atom stereocenters. The lowest BCUT2D eigenvalue weighted by Crippen LogP contribution is -2.21. The van der Waals surface area contributed by atoms with E-state index < -0.39 is 0 Å². The highest BCUT2D eigenvalue weighted by atomic mass is 15.3. The summed E-state index contributed by atoms with van der Waals surface area (Å²) in [5.41, 5.74) is 13.2. The van der Waals surface area contributed by atoms with Crippen LogP contribution in [-0.2, 0) is 6.54 Å². The summed E-state index contributed by atoms with van der Waals surface area (Å²) >= 11 is 0. The normalized spacial score (nSPS) is 12.4. The Kier molecular flexibility index (Phi) is 5.24. The molecule has 0 amide bonds. The van der Waals surface area contributed by atoms with Crippen LogP contribution < -0.4 is 21.3 Å². The summed E-state index contributed by atoms with van der Waals surface area (Å²) in [6.07, 6.45) is 0. The van der Waals surface area contributed by atoms with Crippen LogP contribution in [0.3, 0.4) is 0 Å². The standard InChI is InChI=1S/C23H23N5/c24-11-12-26-15-18-1-5-19(6-2-18)20-7-10-22-23(13-20)28(16-27-22)21-8-3-17(14-25)4-9-21/h1-10,13,26-27H,11-12,15-16,24H2. The van der Waals surface area contributed by atoms with Gasteiger partial charge in [-0.25, -0.2) is 0 Å². The Morgan fingerprint density at radius 3 is 2.46 bits per heavy atom. The maximum atomic E-state index is 9.01. The van der Waals surface area contributed by atoms with Crippen molar-refractivity contribution in [2.45, 2.75) is 6.54 Å². The molecule has 3 aromatic carbocycles. The molecule has 140 valence electrons. The molecule has 0 aliphatic carbocycles. The Morgan fingerprint density at radius 2 is 1.75 bits per heavy atom. The van der Waals surface area contributed by atoms with E-state index >= 15 is 0 Å². The quantitative estimate of drug-likeness (QED) is 0.576. The van der Waals surface area contributed by atoms with Gasteiger partial charge in [0.25, 0.3) is 0 Å². The first-order valence-electron chi connectivity index (χ1n) is 9.44. The molecule has 28 heavy (non-hydrogen) atoms. The van der Waals surface area contributed by atoms with E-state index in [2.05, 4.69) is 64.1 Å². The number of hydrogen-bond acceptors (Lipinski definition) is 5.